The van der Waals surface area contributed by atoms with Gasteiger partial charge in [-0.1, -0.05) is 6.42 Å². The molecule has 2 saturated carbocycles. The molecule has 0 aromatic carbocycles. The van der Waals surface area contributed by atoms with Crippen LogP contribution in [0.3, 0.4) is 0 Å². The molecule has 2 bridgehead atoms. The molecule has 2 N–H and O–H groups in total. The van der Waals surface area contributed by atoms with Gasteiger partial charge >= 0.3 is 0 Å². The predicted molar refractivity (Wildman–Crippen MR) is 67.1 cm³/mol. The molecule has 0 aromatic rings. The van der Waals surface area contributed by atoms with E-state index in [1.54, 1.807) is 6.42 Å². The van der Waals surface area contributed by atoms with Crippen LogP contribution in [-0.4, -0.2) is 30.6 Å². The maximum atomic E-state index is 5.78. The number of hydrogen-bond donors (Lipinski definition) is 1. The van der Waals surface area contributed by atoms with Crippen molar-refractivity contribution in [1.82, 2.24) is 4.90 Å². The second-order valence-corrected chi connectivity index (χ2v) is 6.46. The number of likely N-dealkylation sites (tertiary alicyclic amines) is 1. The van der Waals surface area contributed by atoms with Crippen molar-refractivity contribution in [2.45, 2.75) is 45.1 Å². The summed E-state index contributed by atoms with van der Waals surface area (Å²) in [7, 11) is 0. The fourth-order valence-electron chi connectivity index (χ4n) is 4.58. The van der Waals surface area contributed by atoms with Crippen molar-refractivity contribution in [3.8, 4) is 0 Å². The Hall–Kier alpha value is -0.0800. The third-order valence-electron chi connectivity index (χ3n) is 5.64. The minimum Gasteiger partial charge on any atom is -0.330 e. The van der Waals surface area contributed by atoms with Crippen LogP contribution in [0.5, 0.6) is 0 Å². The van der Waals surface area contributed by atoms with Crippen LogP contribution in [0, 0.1) is 23.7 Å². The molecule has 0 radical (unpaired) electrons. The standard InChI is InChI=1S/C14H26N2/c1-10(16-5-4-12(8-15)9-16)14-7-11-2-3-13(14)6-11/h10-14H,2-9,15H2,1H3. The van der Waals surface area contributed by atoms with Crippen LogP contribution in [0.4, 0.5) is 0 Å². The van der Waals surface area contributed by atoms with Crippen molar-refractivity contribution >= 4 is 0 Å². The summed E-state index contributed by atoms with van der Waals surface area (Å²) in [5.41, 5.74) is 5.78. The molecule has 0 spiro atoms. The van der Waals surface area contributed by atoms with Gasteiger partial charge in [-0.3, -0.25) is 0 Å². The highest BCUT2D eigenvalue weighted by atomic mass is 15.2. The molecule has 3 fully saturated rings. The van der Waals surface area contributed by atoms with Gasteiger partial charge in [-0.25, -0.2) is 0 Å². The summed E-state index contributed by atoms with van der Waals surface area (Å²) in [6.07, 6.45) is 7.45. The van der Waals surface area contributed by atoms with E-state index >= 15 is 0 Å². The first kappa shape index (κ1) is 11.0. The lowest BCUT2D eigenvalue weighted by atomic mass is 9.83. The number of rotatable bonds is 3. The molecule has 5 unspecified atom stereocenters. The minimum absolute atomic E-state index is 0.779. The molecule has 1 saturated heterocycles. The molecule has 5 atom stereocenters. The SMILES string of the molecule is CC(C1CC2CCC1C2)N1CCC(CN)C1. The Morgan fingerprint density at radius 3 is 2.69 bits per heavy atom. The average molecular weight is 222 g/mol. The molecule has 16 heavy (non-hydrogen) atoms. The summed E-state index contributed by atoms with van der Waals surface area (Å²) in [5.74, 6) is 3.94. The Morgan fingerprint density at radius 1 is 1.25 bits per heavy atom. The molecule has 1 aliphatic heterocycles. The largest absolute Gasteiger partial charge is 0.330 e. The Balaban J connectivity index is 1.59. The summed E-state index contributed by atoms with van der Waals surface area (Å²) in [5, 5.41) is 0. The number of nitrogens with two attached hydrogens (primary N) is 1. The van der Waals surface area contributed by atoms with Crippen LogP contribution >= 0.6 is 0 Å². The number of nitrogens with zero attached hydrogens (tertiary/aromatic N) is 1. The molecule has 92 valence electrons. The monoisotopic (exact) mass is 222 g/mol. The van der Waals surface area contributed by atoms with E-state index in [0.29, 0.717) is 0 Å². The molecule has 0 aromatic heterocycles. The van der Waals surface area contributed by atoms with Gasteiger partial charge in [0.15, 0.2) is 0 Å². The summed E-state index contributed by atoms with van der Waals surface area (Å²) in [6, 6.07) is 0.826. The van der Waals surface area contributed by atoms with E-state index in [4.69, 9.17) is 5.73 Å². The summed E-state index contributed by atoms with van der Waals surface area (Å²) >= 11 is 0. The van der Waals surface area contributed by atoms with Gasteiger partial charge in [0.1, 0.15) is 0 Å². The quantitative estimate of drug-likeness (QED) is 0.792. The lowest BCUT2D eigenvalue weighted by Gasteiger charge is -2.34. The first-order valence-corrected chi connectivity index (χ1v) is 7.22. The lowest BCUT2D eigenvalue weighted by Crippen LogP contribution is -2.39. The first-order valence-electron chi connectivity index (χ1n) is 7.22. The van der Waals surface area contributed by atoms with Crippen LogP contribution < -0.4 is 5.73 Å². The highest BCUT2D eigenvalue weighted by Gasteiger charge is 2.43. The van der Waals surface area contributed by atoms with Crippen LogP contribution in [0.2, 0.25) is 0 Å². The third-order valence-corrected chi connectivity index (χ3v) is 5.64. The average Bonchev–Trinajstić information content (AvgIpc) is 3.03. The molecular weight excluding hydrogens is 196 g/mol. The van der Waals surface area contributed by atoms with Crippen molar-refractivity contribution in [2.24, 2.45) is 29.4 Å². The lowest BCUT2D eigenvalue weighted by molar-refractivity contribution is 0.141. The van der Waals surface area contributed by atoms with E-state index in [2.05, 4.69) is 11.8 Å². The summed E-state index contributed by atoms with van der Waals surface area (Å²) in [6.45, 7) is 5.94. The molecule has 3 aliphatic rings. The van der Waals surface area contributed by atoms with Crippen LogP contribution in [0.1, 0.15) is 39.0 Å². The first-order chi connectivity index (χ1) is 7.78. The summed E-state index contributed by atoms with van der Waals surface area (Å²) < 4.78 is 0. The molecule has 2 nitrogen and oxygen atoms in total. The zero-order chi connectivity index (χ0) is 11.1. The maximum absolute atomic E-state index is 5.78. The molecule has 1 heterocycles. The van der Waals surface area contributed by atoms with Gasteiger partial charge in [-0.2, -0.15) is 0 Å². The van der Waals surface area contributed by atoms with Gasteiger partial charge in [0.2, 0.25) is 0 Å². The maximum Gasteiger partial charge on any atom is 0.00980 e. The predicted octanol–water partition coefficient (Wildman–Crippen LogP) is 2.09. The smallest absolute Gasteiger partial charge is 0.00980 e. The van der Waals surface area contributed by atoms with E-state index < -0.39 is 0 Å². The molecule has 3 rings (SSSR count). The highest BCUT2D eigenvalue weighted by Crippen LogP contribution is 2.50. The van der Waals surface area contributed by atoms with E-state index in [9.17, 15) is 0 Å². The number of fused-ring (bicyclic) bond motifs is 2. The second kappa shape index (κ2) is 4.30. The van der Waals surface area contributed by atoms with Gasteiger partial charge in [0.25, 0.3) is 0 Å². The van der Waals surface area contributed by atoms with E-state index in [1.165, 1.54) is 38.8 Å². The fraction of sp³-hybridized carbons (Fsp3) is 1.00. The van der Waals surface area contributed by atoms with Crippen LogP contribution in [0.15, 0.2) is 0 Å². The van der Waals surface area contributed by atoms with Gasteiger partial charge in [-0.15, -0.1) is 0 Å². The van der Waals surface area contributed by atoms with Crippen molar-refractivity contribution in [3.05, 3.63) is 0 Å². The van der Waals surface area contributed by atoms with Crippen molar-refractivity contribution in [2.75, 3.05) is 19.6 Å². The van der Waals surface area contributed by atoms with E-state index in [1.807, 2.05) is 0 Å². The Labute approximate surface area is 99.6 Å². The van der Waals surface area contributed by atoms with Crippen molar-refractivity contribution < 1.29 is 0 Å². The fourth-order valence-corrected chi connectivity index (χ4v) is 4.58. The second-order valence-electron chi connectivity index (χ2n) is 6.46. The zero-order valence-electron chi connectivity index (χ0n) is 10.6. The van der Waals surface area contributed by atoms with Crippen LogP contribution in [-0.2, 0) is 0 Å². The Kier molecular flexibility index (Phi) is 2.97. The van der Waals surface area contributed by atoms with E-state index in [-0.39, 0.29) is 0 Å². The molecule has 2 aliphatic carbocycles. The van der Waals surface area contributed by atoms with Gasteiger partial charge in [-0.05, 0) is 69.4 Å². The zero-order valence-corrected chi connectivity index (χ0v) is 10.6. The van der Waals surface area contributed by atoms with Gasteiger partial charge in [0, 0.05) is 12.6 Å². The Morgan fingerprint density at radius 2 is 2.12 bits per heavy atom. The normalized spacial score (nSPS) is 45.4. The van der Waals surface area contributed by atoms with E-state index in [0.717, 1.165) is 36.3 Å². The molecular formula is C14H26N2. The minimum atomic E-state index is 0.779. The van der Waals surface area contributed by atoms with Crippen molar-refractivity contribution in [1.29, 1.82) is 0 Å². The topological polar surface area (TPSA) is 29.3 Å². The highest BCUT2D eigenvalue weighted by molar-refractivity contribution is 4.96. The third kappa shape index (κ3) is 1.80. The number of hydrogen-bond acceptors (Lipinski definition) is 2. The van der Waals surface area contributed by atoms with Gasteiger partial charge < -0.3 is 10.6 Å². The van der Waals surface area contributed by atoms with Crippen molar-refractivity contribution in [3.63, 3.8) is 0 Å². The molecule has 2 heteroatoms. The van der Waals surface area contributed by atoms with Gasteiger partial charge in [0.05, 0.1) is 0 Å². The Bertz CT molecular complexity index is 253. The van der Waals surface area contributed by atoms with Crippen LogP contribution in [0.25, 0.3) is 0 Å². The molecule has 0 amide bonds. The summed E-state index contributed by atoms with van der Waals surface area (Å²) in [4.78, 5) is 2.73.